The number of rotatable bonds is 3. The van der Waals surface area contributed by atoms with Crippen LogP contribution in [0.5, 0.6) is 5.75 Å². The first-order valence-corrected chi connectivity index (χ1v) is 7.48. The molecule has 0 unspecified atom stereocenters. The third kappa shape index (κ3) is 4.25. The summed E-state index contributed by atoms with van der Waals surface area (Å²) in [5.41, 5.74) is 0.923. The number of hydrogen-bond donors (Lipinski definition) is 2. The SMILES string of the molecule is CC(=O)NCCc1cn(C(=O)OC(C)(C)C)c2ccc(O)cc12. The van der Waals surface area contributed by atoms with Crippen LogP contribution in [-0.2, 0) is 16.0 Å². The van der Waals surface area contributed by atoms with E-state index in [1.807, 2.05) is 0 Å². The Hall–Kier alpha value is -2.50. The van der Waals surface area contributed by atoms with Crippen LogP contribution in [-0.4, -0.2) is 33.8 Å². The molecule has 6 nitrogen and oxygen atoms in total. The van der Waals surface area contributed by atoms with Gasteiger partial charge in [0.2, 0.25) is 5.91 Å². The van der Waals surface area contributed by atoms with Crippen LogP contribution in [0.25, 0.3) is 10.9 Å². The van der Waals surface area contributed by atoms with Crippen molar-refractivity contribution in [3.05, 3.63) is 30.0 Å². The number of ether oxygens (including phenoxy) is 1. The van der Waals surface area contributed by atoms with E-state index in [2.05, 4.69) is 5.32 Å². The molecule has 6 heteroatoms. The van der Waals surface area contributed by atoms with Crippen molar-refractivity contribution in [1.29, 1.82) is 0 Å². The largest absolute Gasteiger partial charge is 0.508 e. The smallest absolute Gasteiger partial charge is 0.419 e. The van der Waals surface area contributed by atoms with E-state index in [0.717, 1.165) is 10.9 Å². The monoisotopic (exact) mass is 318 g/mol. The molecule has 124 valence electrons. The number of aromatic hydroxyl groups is 1. The number of phenolic OH excluding ortho intramolecular Hbond substituents is 1. The fourth-order valence-electron chi connectivity index (χ4n) is 2.32. The molecule has 0 fully saturated rings. The van der Waals surface area contributed by atoms with Crippen LogP contribution < -0.4 is 5.32 Å². The van der Waals surface area contributed by atoms with Crippen molar-refractivity contribution < 1.29 is 19.4 Å². The molecule has 0 radical (unpaired) electrons. The second kappa shape index (κ2) is 6.32. The minimum Gasteiger partial charge on any atom is -0.508 e. The number of fused-ring (bicyclic) bond motifs is 1. The summed E-state index contributed by atoms with van der Waals surface area (Å²) in [5.74, 6) is 0.0175. The molecule has 0 spiro atoms. The van der Waals surface area contributed by atoms with Gasteiger partial charge in [0.25, 0.3) is 0 Å². The van der Waals surface area contributed by atoms with Gasteiger partial charge in [-0.25, -0.2) is 4.79 Å². The maximum atomic E-state index is 12.4. The van der Waals surface area contributed by atoms with Gasteiger partial charge in [-0.05, 0) is 51.0 Å². The predicted octanol–water partition coefficient (Wildman–Crippen LogP) is 2.81. The highest BCUT2D eigenvalue weighted by Crippen LogP contribution is 2.26. The maximum absolute atomic E-state index is 12.4. The summed E-state index contributed by atoms with van der Waals surface area (Å²) < 4.78 is 6.84. The topological polar surface area (TPSA) is 80.6 Å². The summed E-state index contributed by atoms with van der Waals surface area (Å²) in [5, 5.41) is 13.2. The lowest BCUT2D eigenvalue weighted by Crippen LogP contribution is -2.26. The van der Waals surface area contributed by atoms with E-state index < -0.39 is 11.7 Å². The van der Waals surface area contributed by atoms with Gasteiger partial charge in [-0.15, -0.1) is 0 Å². The van der Waals surface area contributed by atoms with Gasteiger partial charge in [0.15, 0.2) is 0 Å². The van der Waals surface area contributed by atoms with Crippen molar-refractivity contribution in [2.24, 2.45) is 0 Å². The van der Waals surface area contributed by atoms with Crippen molar-refractivity contribution in [2.45, 2.75) is 39.7 Å². The molecule has 1 aromatic heterocycles. The minimum atomic E-state index is -0.596. The van der Waals surface area contributed by atoms with Gasteiger partial charge in [-0.2, -0.15) is 0 Å². The van der Waals surface area contributed by atoms with Gasteiger partial charge < -0.3 is 15.2 Å². The molecule has 0 bridgehead atoms. The quantitative estimate of drug-likeness (QED) is 0.912. The van der Waals surface area contributed by atoms with E-state index >= 15 is 0 Å². The number of aromatic nitrogens is 1. The van der Waals surface area contributed by atoms with E-state index in [9.17, 15) is 14.7 Å². The zero-order valence-electron chi connectivity index (χ0n) is 13.8. The van der Waals surface area contributed by atoms with Crippen LogP contribution in [0.2, 0.25) is 0 Å². The third-order valence-corrected chi connectivity index (χ3v) is 3.23. The standard InChI is InChI=1S/C17H22N2O4/c1-11(20)18-8-7-12-10-19(16(22)23-17(2,3)4)15-6-5-13(21)9-14(12)15/h5-6,9-10,21H,7-8H2,1-4H3,(H,18,20). The average Bonchev–Trinajstić information content (AvgIpc) is 2.75. The van der Waals surface area contributed by atoms with E-state index in [0.29, 0.717) is 18.5 Å². The van der Waals surface area contributed by atoms with Gasteiger partial charge in [0, 0.05) is 25.1 Å². The van der Waals surface area contributed by atoms with E-state index in [1.165, 1.54) is 17.6 Å². The molecule has 23 heavy (non-hydrogen) atoms. The van der Waals surface area contributed by atoms with Crippen molar-refractivity contribution >= 4 is 22.9 Å². The molecule has 0 saturated carbocycles. The molecule has 0 aliphatic heterocycles. The minimum absolute atomic E-state index is 0.108. The first-order valence-electron chi connectivity index (χ1n) is 7.48. The number of phenols is 1. The summed E-state index contributed by atoms with van der Waals surface area (Å²) in [6.07, 6.45) is 1.77. The van der Waals surface area contributed by atoms with Crippen molar-refractivity contribution in [2.75, 3.05) is 6.54 Å². The number of nitrogens with zero attached hydrogens (tertiary/aromatic N) is 1. The molecule has 1 heterocycles. The van der Waals surface area contributed by atoms with Gasteiger partial charge >= 0.3 is 6.09 Å². The Kier molecular flexibility index (Phi) is 4.63. The third-order valence-electron chi connectivity index (χ3n) is 3.23. The Balaban J connectivity index is 2.37. The fraction of sp³-hybridized carbons (Fsp3) is 0.412. The van der Waals surface area contributed by atoms with Crippen molar-refractivity contribution in [3.8, 4) is 5.75 Å². The van der Waals surface area contributed by atoms with E-state index in [1.54, 1.807) is 39.1 Å². The lowest BCUT2D eigenvalue weighted by molar-refractivity contribution is -0.118. The fourth-order valence-corrected chi connectivity index (χ4v) is 2.32. The van der Waals surface area contributed by atoms with E-state index in [-0.39, 0.29) is 11.7 Å². The van der Waals surface area contributed by atoms with Gasteiger partial charge in [-0.1, -0.05) is 0 Å². The van der Waals surface area contributed by atoms with E-state index in [4.69, 9.17) is 4.74 Å². The zero-order valence-corrected chi connectivity index (χ0v) is 13.8. The Morgan fingerprint density at radius 3 is 2.61 bits per heavy atom. The van der Waals surface area contributed by atoms with Gasteiger partial charge in [0.1, 0.15) is 11.4 Å². The molecule has 0 saturated heterocycles. The molecular formula is C17H22N2O4. The number of carbonyl (C=O) groups excluding carboxylic acids is 2. The Morgan fingerprint density at radius 1 is 1.30 bits per heavy atom. The van der Waals surface area contributed by atoms with Gasteiger partial charge in [-0.3, -0.25) is 9.36 Å². The lowest BCUT2D eigenvalue weighted by atomic mass is 10.1. The summed E-state index contributed by atoms with van der Waals surface area (Å²) >= 11 is 0. The highest BCUT2D eigenvalue weighted by atomic mass is 16.6. The molecule has 2 aromatic rings. The van der Waals surface area contributed by atoms with Crippen LogP contribution in [0, 0.1) is 0 Å². The zero-order chi connectivity index (χ0) is 17.2. The Labute approximate surface area is 135 Å². The summed E-state index contributed by atoms with van der Waals surface area (Å²) in [7, 11) is 0. The Bertz CT molecular complexity index is 741. The summed E-state index contributed by atoms with van der Waals surface area (Å²) in [6, 6.07) is 4.82. The molecule has 2 N–H and O–H groups in total. The van der Waals surface area contributed by atoms with Crippen molar-refractivity contribution in [1.82, 2.24) is 9.88 Å². The second-order valence-corrected chi connectivity index (χ2v) is 6.44. The number of hydrogen-bond acceptors (Lipinski definition) is 4. The van der Waals surface area contributed by atoms with Crippen LogP contribution in [0.3, 0.4) is 0 Å². The molecule has 0 aliphatic carbocycles. The molecule has 0 aliphatic rings. The first-order chi connectivity index (χ1) is 10.7. The van der Waals surface area contributed by atoms with Crippen LogP contribution in [0.4, 0.5) is 4.79 Å². The number of amides is 1. The molecule has 2 rings (SSSR count). The predicted molar refractivity (Wildman–Crippen MR) is 87.6 cm³/mol. The maximum Gasteiger partial charge on any atom is 0.419 e. The molecule has 1 aromatic carbocycles. The molecule has 1 amide bonds. The van der Waals surface area contributed by atoms with Crippen LogP contribution in [0.1, 0.15) is 33.3 Å². The highest BCUT2D eigenvalue weighted by molar-refractivity contribution is 5.93. The first kappa shape index (κ1) is 16.9. The number of carbonyl (C=O) groups is 2. The Morgan fingerprint density at radius 2 is 2.00 bits per heavy atom. The number of nitrogens with one attached hydrogen (secondary N) is 1. The van der Waals surface area contributed by atoms with Crippen molar-refractivity contribution in [3.63, 3.8) is 0 Å². The molecular weight excluding hydrogens is 296 g/mol. The molecule has 0 atom stereocenters. The van der Waals surface area contributed by atoms with Gasteiger partial charge in [0.05, 0.1) is 5.52 Å². The highest BCUT2D eigenvalue weighted by Gasteiger charge is 2.20. The summed E-state index contributed by atoms with van der Waals surface area (Å²) in [4.78, 5) is 23.4. The van der Waals surface area contributed by atoms with Crippen LogP contribution in [0.15, 0.2) is 24.4 Å². The average molecular weight is 318 g/mol. The second-order valence-electron chi connectivity index (χ2n) is 6.44. The normalized spacial score (nSPS) is 11.5. The summed E-state index contributed by atoms with van der Waals surface area (Å²) in [6.45, 7) is 7.33. The number of benzene rings is 1. The van der Waals surface area contributed by atoms with Crippen LogP contribution >= 0.6 is 0 Å². The lowest BCUT2D eigenvalue weighted by Gasteiger charge is -2.19.